The van der Waals surface area contributed by atoms with Crippen molar-refractivity contribution in [1.29, 1.82) is 0 Å². The van der Waals surface area contributed by atoms with Crippen molar-refractivity contribution in [3.8, 4) is 5.75 Å². The van der Waals surface area contributed by atoms with E-state index in [1.807, 2.05) is 12.1 Å². The highest BCUT2D eigenvalue weighted by Crippen LogP contribution is 2.30. The molecule has 0 bridgehead atoms. The molecule has 0 spiro atoms. The smallest absolute Gasteiger partial charge is 0.345 e. The minimum Gasteiger partial charge on any atom is -0.488 e. The zero-order valence-electron chi connectivity index (χ0n) is 11.2. The molecule has 0 saturated heterocycles. The molecule has 0 unspecified atom stereocenters. The van der Waals surface area contributed by atoms with Gasteiger partial charge in [0.05, 0.1) is 0 Å². The first-order chi connectivity index (χ1) is 9.47. The fraction of sp³-hybridized carbons (Fsp3) is 0.267. The number of halogens is 1. The summed E-state index contributed by atoms with van der Waals surface area (Å²) in [5, 5.41) is 8.90. The zero-order chi connectivity index (χ0) is 14.7. The van der Waals surface area contributed by atoms with Crippen molar-refractivity contribution in [3.05, 3.63) is 50.1 Å². The average molecular weight is 355 g/mol. The first-order valence-corrected chi connectivity index (χ1v) is 7.82. The molecule has 0 amide bonds. The molecule has 0 fully saturated rings. The first-order valence-electron chi connectivity index (χ1n) is 6.21. The average Bonchev–Trinajstić information content (AvgIpc) is 2.86. The molecule has 1 heterocycles. The lowest BCUT2D eigenvalue weighted by Gasteiger charge is -2.14. The van der Waals surface area contributed by atoms with Crippen LogP contribution in [0.2, 0.25) is 0 Å². The van der Waals surface area contributed by atoms with Gasteiger partial charge in [-0.2, -0.15) is 0 Å². The van der Waals surface area contributed by atoms with Crippen molar-refractivity contribution in [3.63, 3.8) is 0 Å². The van der Waals surface area contributed by atoms with Crippen LogP contribution in [0.5, 0.6) is 5.75 Å². The third-order valence-corrected chi connectivity index (χ3v) is 4.38. The van der Waals surface area contributed by atoms with E-state index in [1.165, 1.54) is 11.3 Å². The van der Waals surface area contributed by atoms with Gasteiger partial charge in [0.2, 0.25) is 0 Å². The topological polar surface area (TPSA) is 46.5 Å². The molecule has 106 valence electrons. The molecule has 2 rings (SSSR count). The molecule has 0 radical (unpaired) electrons. The highest BCUT2D eigenvalue weighted by atomic mass is 79.9. The summed E-state index contributed by atoms with van der Waals surface area (Å²) in [6.07, 6.45) is 0. The lowest BCUT2D eigenvalue weighted by Crippen LogP contribution is -1.98. The number of benzene rings is 1. The Morgan fingerprint density at radius 3 is 2.70 bits per heavy atom. The molecule has 20 heavy (non-hydrogen) atoms. The van der Waals surface area contributed by atoms with Gasteiger partial charge in [0.15, 0.2) is 0 Å². The molecule has 0 aliphatic heterocycles. The normalized spacial score (nSPS) is 10.8. The van der Waals surface area contributed by atoms with Gasteiger partial charge in [-0.3, -0.25) is 0 Å². The Morgan fingerprint density at radius 2 is 2.10 bits per heavy atom. The molecule has 0 aliphatic carbocycles. The number of ether oxygens (including phenoxy) is 1. The zero-order valence-corrected chi connectivity index (χ0v) is 13.6. The molecule has 0 atom stereocenters. The van der Waals surface area contributed by atoms with E-state index in [2.05, 4.69) is 35.8 Å². The van der Waals surface area contributed by atoms with E-state index in [1.54, 1.807) is 12.1 Å². The van der Waals surface area contributed by atoms with Crippen LogP contribution in [0.25, 0.3) is 0 Å². The number of thiophene rings is 1. The Balaban J connectivity index is 2.12. The van der Waals surface area contributed by atoms with Crippen molar-refractivity contribution in [1.82, 2.24) is 0 Å². The van der Waals surface area contributed by atoms with Crippen LogP contribution in [-0.4, -0.2) is 11.1 Å². The summed E-state index contributed by atoms with van der Waals surface area (Å²) in [5.41, 5.74) is 1.13. The molecule has 1 N–H and O–H groups in total. The van der Waals surface area contributed by atoms with Crippen LogP contribution in [0.15, 0.2) is 34.8 Å². The third-order valence-electron chi connectivity index (χ3n) is 2.84. The molecule has 2 aromatic rings. The Kier molecular flexibility index (Phi) is 4.83. The van der Waals surface area contributed by atoms with Gasteiger partial charge in [0.25, 0.3) is 0 Å². The van der Waals surface area contributed by atoms with Crippen molar-refractivity contribution < 1.29 is 14.6 Å². The van der Waals surface area contributed by atoms with E-state index in [0.717, 1.165) is 20.7 Å². The van der Waals surface area contributed by atoms with Crippen molar-refractivity contribution in [2.45, 2.75) is 26.4 Å². The van der Waals surface area contributed by atoms with Crippen molar-refractivity contribution in [2.75, 3.05) is 0 Å². The lowest BCUT2D eigenvalue weighted by atomic mass is 10.0. The van der Waals surface area contributed by atoms with Crippen LogP contribution in [0, 0.1) is 0 Å². The van der Waals surface area contributed by atoms with Crippen LogP contribution < -0.4 is 4.74 Å². The monoisotopic (exact) mass is 354 g/mol. The van der Waals surface area contributed by atoms with Gasteiger partial charge in [-0.1, -0.05) is 29.8 Å². The highest BCUT2D eigenvalue weighted by Gasteiger charge is 2.11. The van der Waals surface area contributed by atoms with Crippen LogP contribution in [0.4, 0.5) is 0 Å². The standard InChI is InChI=1S/C15H15BrO3S/c1-9(2)12-7-10(16)3-5-13(12)19-8-11-4-6-14(20-11)15(17)18/h3-7,9H,8H2,1-2H3,(H,17,18). The Bertz CT molecular complexity index is 619. The predicted molar refractivity (Wildman–Crippen MR) is 83.8 cm³/mol. The summed E-state index contributed by atoms with van der Waals surface area (Å²) in [7, 11) is 0. The van der Waals surface area contributed by atoms with E-state index in [-0.39, 0.29) is 0 Å². The van der Waals surface area contributed by atoms with Gasteiger partial charge >= 0.3 is 5.97 Å². The van der Waals surface area contributed by atoms with Gasteiger partial charge in [-0.25, -0.2) is 4.79 Å². The van der Waals surface area contributed by atoms with Crippen molar-refractivity contribution >= 4 is 33.2 Å². The Labute approximate surface area is 130 Å². The molecular weight excluding hydrogens is 340 g/mol. The van der Waals surface area contributed by atoms with Crippen LogP contribution in [0.3, 0.4) is 0 Å². The highest BCUT2D eigenvalue weighted by molar-refractivity contribution is 9.10. The minimum absolute atomic E-state index is 0.337. The van der Waals surface area contributed by atoms with Gasteiger partial charge < -0.3 is 9.84 Å². The second-order valence-corrected chi connectivity index (χ2v) is 6.78. The number of carboxylic acids is 1. The maximum atomic E-state index is 10.8. The number of rotatable bonds is 5. The van der Waals surface area contributed by atoms with E-state index in [0.29, 0.717) is 17.4 Å². The summed E-state index contributed by atoms with van der Waals surface area (Å²) < 4.78 is 6.85. The number of carboxylic acid groups (broad SMARTS) is 1. The second-order valence-electron chi connectivity index (χ2n) is 4.70. The molecule has 0 aliphatic rings. The fourth-order valence-corrected chi connectivity index (χ4v) is 2.96. The molecule has 1 aromatic carbocycles. The van der Waals surface area contributed by atoms with Gasteiger partial charge in [-0.15, -0.1) is 11.3 Å². The summed E-state index contributed by atoms with van der Waals surface area (Å²) in [6.45, 7) is 4.61. The molecular formula is C15H15BrO3S. The summed E-state index contributed by atoms with van der Waals surface area (Å²) >= 11 is 4.70. The van der Waals surface area contributed by atoms with Gasteiger partial charge in [0, 0.05) is 9.35 Å². The van der Waals surface area contributed by atoms with E-state index in [9.17, 15) is 4.79 Å². The van der Waals surface area contributed by atoms with Crippen LogP contribution in [0.1, 0.15) is 39.9 Å². The molecule has 5 heteroatoms. The van der Waals surface area contributed by atoms with Gasteiger partial charge in [0.1, 0.15) is 17.2 Å². The maximum absolute atomic E-state index is 10.8. The van der Waals surface area contributed by atoms with E-state index >= 15 is 0 Å². The van der Waals surface area contributed by atoms with Crippen LogP contribution >= 0.6 is 27.3 Å². The van der Waals surface area contributed by atoms with Gasteiger partial charge in [-0.05, 0) is 41.8 Å². The molecule has 1 aromatic heterocycles. The minimum atomic E-state index is -0.896. The van der Waals surface area contributed by atoms with E-state index < -0.39 is 5.97 Å². The molecule has 3 nitrogen and oxygen atoms in total. The maximum Gasteiger partial charge on any atom is 0.345 e. The predicted octanol–water partition coefficient (Wildman–Crippen LogP) is 4.91. The Morgan fingerprint density at radius 1 is 1.35 bits per heavy atom. The molecule has 0 saturated carbocycles. The number of aromatic carboxylic acids is 1. The first kappa shape index (κ1) is 15.1. The Hall–Kier alpha value is -1.33. The number of hydrogen-bond acceptors (Lipinski definition) is 3. The summed E-state index contributed by atoms with van der Waals surface area (Å²) in [5.74, 6) is 0.307. The largest absolute Gasteiger partial charge is 0.488 e. The lowest BCUT2D eigenvalue weighted by molar-refractivity contribution is 0.0702. The fourth-order valence-electron chi connectivity index (χ4n) is 1.82. The van der Waals surface area contributed by atoms with Crippen LogP contribution in [-0.2, 0) is 6.61 Å². The van der Waals surface area contributed by atoms with E-state index in [4.69, 9.17) is 9.84 Å². The summed E-state index contributed by atoms with van der Waals surface area (Å²) in [4.78, 5) is 12.1. The number of carbonyl (C=O) groups is 1. The quantitative estimate of drug-likeness (QED) is 0.829. The summed E-state index contributed by atoms with van der Waals surface area (Å²) in [6, 6.07) is 9.33. The van der Waals surface area contributed by atoms with Crippen molar-refractivity contribution in [2.24, 2.45) is 0 Å². The second kappa shape index (κ2) is 6.41. The third kappa shape index (κ3) is 3.61. The SMILES string of the molecule is CC(C)c1cc(Br)ccc1OCc1ccc(C(=O)O)s1. The number of hydrogen-bond donors (Lipinski definition) is 1.